The van der Waals surface area contributed by atoms with Gasteiger partial charge in [-0.2, -0.15) is 0 Å². The van der Waals surface area contributed by atoms with Crippen LogP contribution in [0.2, 0.25) is 0 Å². The third-order valence-electron chi connectivity index (χ3n) is 4.69. The molecule has 1 aliphatic rings. The van der Waals surface area contributed by atoms with Gasteiger partial charge in [-0.3, -0.25) is 0 Å². The van der Waals surface area contributed by atoms with Crippen LogP contribution in [0.3, 0.4) is 0 Å². The van der Waals surface area contributed by atoms with Gasteiger partial charge in [-0.25, -0.2) is 22.9 Å². The molecule has 1 saturated carbocycles. The average Bonchev–Trinajstić information content (AvgIpc) is 3.03. The normalized spacial score (nSPS) is 16.9. The van der Waals surface area contributed by atoms with Gasteiger partial charge in [0, 0.05) is 18.2 Å². The van der Waals surface area contributed by atoms with E-state index >= 15 is 0 Å². The van der Waals surface area contributed by atoms with Crippen molar-refractivity contribution in [2.45, 2.75) is 36.0 Å². The molecule has 0 aliphatic heterocycles. The third-order valence-corrected chi connectivity index (χ3v) is 5.63. The van der Waals surface area contributed by atoms with Gasteiger partial charge in [0.25, 0.3) is 0 Å². The highest BCUT2D eigenvalue weighted by atomic mass is 32.2. The van der Waals surface area contributed by atoms with E-state index in [9.17, 15) is 12.8 Å². The number of hydrogen-bond acceptors (Lipinski definition) is 4. The monoisotopic (exact) mass is 349 g/mol. The van der Waals surface area contributed by atoms with Gasteiger partial charge in [-0.1, -0.05) is 25.0 Å². The summed E-state index contributed by atoms with van der Waals surface area (Å²) in [6.07, 6.45) is 5.62. The first-order chi connectivity index (χ1) is 11.4. The maximum absolute atomic E-state index is 13.2. The van der Waals surface area contributed by atoms with Crippen LogP contribution >= 0.6 is 0 Å². The molecule has 0 spiro atoms. The molecule has 1 fully saturated rings. The van der Waals surface area contributed by atoms with E-state index in [1.54, 1.807) is 12.1 Å². The van der Waals surface area contributed by atoms with Crippen LogP contribution in [0.1, 0.15) is 31.2 Å². The number of nitrogens with zero attached hydrogens (tertiary/aromatic N) is 1. The third kappa shape index (κ3) is 3.42. The molecular formula is C17H20FN3O2S. The standard InChI is InChI=1S/C17H20FN3O2S/c18-14-7-5-13(6-8-14)17(9-1-2-10-17)12-21-16-15(24(19,22)23)4-3-11-20-16/h3-8,11H,1-2,9-10,12H2,(H,20,21)(H2,19,22,23). The molecule has 24 heavy (non-hydrogen) atoms. The van der Waals surface area contributed by atoms with E-state index in [0.29, 0.717) is 6.54 Å². The number of anilines is 1. The van der Waals surface area contributed by atoms with E-state index in [1.165, 1.54) is 30.5 Å². The molecule has 1 aromatic carbocycles. The fourth-order valence-corrected chi connectivity index (χ4v) is 4.09. The van der Waals surface area contributed by atoms with Crippen molar-refractivity contribution in [3.63, 3.8) is 0 Å². The predicted octanol–water partition coefficient (Wildman–Crippen LogP) is 2.79. The van der Waals surface area contributed by atoms with Gasteiger partial charge in [0.15, 0.2) is 0 Å². The molecule has 0 unspecified atom stereocenters. The van der Waals surface area contributed by atoms with Crippen molar-refractivity contribution in [1.82, 2.24) is 4.98 Å². The fraction of sp³-hybridized carbons (Fsp3) is 0.353. The van der Waals surface area contributed by atoms with Crippen LogP contribution in [0.5, 0.6) is 0 Å². The van der Waals surface area contributed by atoms with Crippen molar-refractivity contribution in [3.05, 3.63) is 54.0 Å². The number of nitrogens with one attached hydrogen (secondary N) is 1. The Balaban J connectivity index is 1.88. The molecule has 1 aliphatic carbocycles. The average molecular weight is 349 g/mol. The summed E-state index contributed by atoms with van der Waals surface area (Å²) in [4.78, 5) is 4.10. The molecule has 3 rings (SSSR count). The summed E-state index contributed by atoms with van der Waals surface area (Å²) in [6.45, 7) is 0.526. The Morgan fingerprint density at radius 1 is 1.17 bits per heavy atom. The zero-order valence-electron chi connectivity index (χ0n) is 13.2. The summed E-state index contributed by atoms with van der Waals surface area (Å²) in [6, 6.07) is 9.51. The number of sulfonamides is 1. The molecule has 0 saturated heterocycles. The fourth-order valence-electron chi connectivity index (χ4n) is 3.43. The van der Waals surface area contributed by atoms with E-state index in [-0.39, 0.29) is 21.9 Å². The molecule has 5 nitrogen and oxygen atoms in total. The zero-order chi connectivity index (χ0) is 17.2. The molecule has 3 N–H and O–H groups in total. The number of aromatic nitrogens is 1. The lowest BCUT2D eigenvalue weighted by atomic mass is 9.79. The van der Waals surface area contributed by atoms with Crippen molar-refractivity contribution in [3.8, 4) is 0 Å². The summed E-state index contributed by atoms with van der Waals surface area (Å²) >= 11 is 0. The van der Waals surface area contributed by atoms with Gasteiger partial charge < -0.3 is 5.32 Å². The number of halogens is 1. The summed E-state index contributed by atoms with van der Waals surface area (Å²) in [5, 5.41) is 8.40. The van der Waals surface area contributed by atoms with Crippen LogP contribution in [0.15, 0.2) is 47.5 Å². The van der Waals surface area contributed by atoms with Gasteiger partial charge in [0.1, 0.15) is 16.5 Å². The topological polar surface area (TPSA) is 85.1 Å². The Hall–Kier alpha value is -1.99. The highest BCUT2D eigenvalue weighted by Gasteiger charge is 2.35. The lowest BCUT2D eigenvalue weighted by Gasteiger charge is -2.30. The number of hydrogen-bond donors (Lipinski definition) is 2. The quantitative estimate of drug-likeness (QED) is 0.869. The first-order valence-electron chi connectivity index (χ1n) is 7.88. The molecule has 0 atom stereocenters. The Morgan fingerprint density at radius 2 is 1.83 bits per heavy atom. The molecule has 2 aromatic rings. The van der Waals surface area contributed by atoms with E-state index in [0.717, 1.165) is 31.2 Å². The van der Waals surface area contributed by atoms with Crippen LogP contribution in [-0.2, 0) is 15.4 Å². The Morgan fingerprint density at radius 3 is 2.46 bits per heavy atom. The first kappa shape index (κ1) is 16.9. The lowest BCUT2D eigenvalue weighted by Crippen LogP contribution is -2.32. The molecule has 128 valence electrons. The number of primary sulfonamides is 1. The minimum absolute atomic E-state index is 0.0164. The largest absolute Gasteiger partial charge is 0.368 e. The first-order valence-corrected chi connectivity index (χ1v) is 9.43. The molecule has 0 bridgehead atoms. The SMILES string of the molecule is NS(=O)(=O)c1cccnc1NCC1(c2ccc(F)cc2)CCCC1. The minimum atomic E-state index is -3.84. The summed E-state index contributed by atoms with van der Waals surface area (Å²) < 4.78 is 36.6. The molecule has 0 radical (unpaired) electrons. The number of benzene rings is 1. The lowest BCUT2D eigenvalue weighted by molar-refractivity contribution is 0.464. The summed E-state index contributed by atoms with van der Waals surface area (Å²) in [5.74, 6) is -0.00511. The molecule has 0 amide bonds. The Kier molecular flexibility index (Phi) is 4.56. The van der Waals surface area contributed by atoms with Crippen molar-refractivity contribution in [2.24, 2.45) is 5.14 Å². The van der Waals surface area contributed by atoms with Crippen molar-refractivity contribution in [1.29, 1.82) is 0 Å². The van der Waals surface area contributed by atoms with E-state index in [2.05, 4.69) is 10.3 Å². The van der Waals surface area contributed by atoms with E-state index < -0.39 is 10.0 Å². The van der Waals surface area contributed by atoms with Gasteiger partial charge in [0.2, 0.25) is 10.0 Å². The number of pyridine rings is 1. The highest BCUT2D eigenvalue weighted by Crippen LogP contribution is 2.41. The van der Waals surface area contributed by atoms with Crippen LogP contribution in [-0.4, -0.2) is 19.9 Å². The minimum Gasteiger partial charge on any atom is -0.368 e. The van der Waals surface area contributed by atoms with E-state index in [1.807, 2.05) is 0 Å². The van der Waals surface area contributed by atoms with Crippen molar-refractivity contribution >= 4 is 15.8 Å². The van der Waals surface area contributed by atoms with Gasteiger partial charge in [0.05, 0.1) is 0 Å². The molecular weight excluding hydrogens is 329 g/mol. The second-order valence-electron chi connectivity index (χ2n) is 6.24. The Labute approximate surface area is 141 Å². The number of nitrogens with two attached hydrogens (primary N) is 1. The Bertz CT molecular complexity index is 816. The van der Waals surface area contributed by atoms with Gasteiger partial charge in [-0.05, 0) is 42.7 Å². The predicted molar refractivity (Wildman–Crippen MR) is 90.6 cm³/mol. The highest BCUT2D eigenvalue weighted by molar-refractivity contribution is 7.89. The smallest absolute Gasteiger partial charge is 0.241 e. The van der Waals surface area contributed by atoms with Gasteiger partial charge in [-0.15, -0.1) is 0 Å². The maximum atomic E-state index is 13.2. The van der Waals surface area contributed by atoms with Crippen molar-refractivity contribution in [2.75, 3.05) is 11.9 Å². The maximum Gasteiger partial charge on any atom is 0.241 e. The van der Waals surface area contributed by atoms with Gasteiger partial charge >= 0.3 is 0 Å². The van der Waals surface area contributed by atoms with E-state index in [4.69, 9.17) is 5.14 Å². The van der Waals surface area contributed by atoms with Crippen LogP contribution in [0.25, 0.3) is 0 Å². The second kappa shape index (κ2) is 6.49. The summed E-state index contributed by atoms with van der Waals surface area (Å²) in [5.41, 5.74) is 0.905. The van der Waals surface area contributed by atoms with Crippen LogP contribution < -0.4 is 10.5 Å². The van der Waals surface area contributed by atoms with Crippen LogP contribution in [0, 0.1) is 5.82 Å². The molecule has 1 heterocycles. The van der Waals surface area contributed by atoms with Crippen LogP contribution in [0.4, 0.5) is 10.2 Å². The second-order valence-corrected chi connectivity index (χ2v) is 7.77. The van der Waals surface area contributed by atoms with Crippen molar-refractivity contribution < 1.29 is 12.8 Å². The number of rotatable bonds is 5. The zero-order valence-corrected chi connectivity index (χ0v) is 14.0. The molecule has 7 heteroatoms. The summed E-state index contributed by atoms with van der Waals surface area (Å²) in [7, 11) is -3.84. The molecule has 1 aromatic heterocycles.